The first-order valence-corrected chi connectivity index (χ1v) is 7.44. The summed E-state index contributed by atoms with van der Waals surface area (Å²) in [4.78, 5) is 11.5. The Morgan fingerprint density at radius 1 is 1.39 bits per heavy atom. The molecule has 0 saturated carbocycles. The molecule has 4 heterocycles. The number of hydrogen-bond acceptors (Lipinski definition) is 5. The summed E-state index contributed by atoms with van der Waals surface area (Å²) in [5.41, 5.74) is 1.71. The third kappa shape index (κ3) is 2.37. The van der Waals surface area contributed by atoms with Gasteiger partial charge < -0.3 is 15.0 Å². The fraction of sp³-hybridized carbons (Fsp3) is 0.312. The molecule has 0 amide bonds. The van der Waals surface area contributed by atoms with Crippen molar-refractivity contribution >= 4 is 21.9 Å². The van der Waals surface area contributed by atoms with Crippen LogP contribution in [0, 0.1) is 11.3 Å². The average Bonchev–Trinajstić information content (AvgIpc) is 2.95. The summed E-state index contributed by atoms with van der Waals surface area (Å²) in [5, 5.41) is 13.7. The number of hydrogen-bond donors (Lipinski definition) is 2. The van der Waals surface area contributed by atoms with E-state index in [0.717, 1.165) is 16.3 Å². The highest BCUT2D eigenvalue weighted by Gasteiger charge is 2.27. The van der Waals surface area contributed by atoms with Crippen molar-refractivity contribution < 1.29 is 9.13 Å². The summed E-state index contributed by atoms with van der Waals surface area (Å²) in [7, 11) is 0. The number of rotatable bonds is 2. The maximum absolute atomic E-state index is 14.1. The van der Waals surface area contributed by atoms with Crippen LogP contribution in [0.15, 0.2) is 24.5 Å². The van der Waals surface area contributed by atoms with Crippen LogP contribution >= 0.6 is 0 Å². The van der Waals surface area contributed by atoms with Crippen LogP contribution < -0.4 is 10.1 Å². The smallest absolute Gasteiger partial charge is 0.142 e. The Morgan fingerprint density at radius 3 is 3.13 bits per heavy atom. The summed E-state index contributed by atoms with van der Waals surface area (Å²) < 4.78 is 20.0. The number of ether oxygens (including phenoxy) is 1. The minimum absolute atomic E-state index is 0.316. The van der Waals surface area contributed by atoms with Crippen molar-refractivity contribution in [2.75, 3.05) is 13.1 Å². The molecular weight excluding hydrogens is 297 g/mol. The highest BCUT2D eigenvalue weighted by atomic mass is 19.1. The second kappa shape index (κ2) is 5.48. The molecule has 2 N–H and O–H groups in total. The van der Waals surface area contributed by atoms with Crippen LogP contribution in [-0.4, -0.2) is 40.3 Å². The molecule has 0 bridgehead atoms. The van der Waals surface area contributed by atoms with Crippen molar-refractivity contribution in [1.29, 1.82) is 5.26 Å². The molecule has 3 aromatic heterocycles. The maximum atomic E-state index is 14.1. The Morgan fingerprint density at radius 2 is 2.30 bits per heavy atom. The number of nitrogens with zero attached hydrogens (tertiary/aromatic N) is 3. The summed E-state index contributed by atoms with van der Waals surface area (Å²) in [5.74, 6) is 0.563. The number of pyridine rings is 2. The predicted octanol–water partition coefficient (Wildman–Crippen LogP) is 2.06. The summed E-state index contributed by atoms with van der Waals surface area (Å²) in [6, 6.07) is 5.44. The molecule has 116 valence electrons. The molecule has 3 aromatic rings. The predicted molar refractivity (Wildman–Crippen MR) is 82.9 cm³/mol. The van der Waals surface area contributed by atoms with Crippen LogP contribution in [0.2, 0.25) is 0 Å². The fourth-order valence-electron chi connectivity index (χ4n) is 2.92. The standard InChI is InChI=1S/C16H14FN5O/c17-11-1-3-19-8-14(11)23-13-2-4-20-16-15(13)10-5-9(6-18)21-7-12(10)22-16/h2,4-5,7,11,14,19H,1,3,8H2,(H,20,22). The normalized spacial score (nSPS) is 21.4. The lowest BCUT2D eigenvalue weighted by molar-refractivity contribution is 0.0758. The van der Waals surface area contributed by atoms with Crippen molar-refractivity contribution in [2.45, 2.75) is 18.7 Å². The Bertz CT molecular complexity index is 916. The largest absolute Gasteiger partial charge is 0.485 e. The van der Waals surface area contributed by atoms with E-state index in [1.165, 1.54) is 0 Å². The average molecular weight is 311 g/mol. The van der Waals surface area contributed by atoms with E-state index in [9.17, 15) is 4.39 Å². The Labute approximate surface area is 131 Å². The van der Waals surface area contributed by atoms with Crippen molar-refractivity contribution in [2.24, 2.45) is 0 Å². The molecule has 23 heavy (non-hydrogen) atoms. The molecule has 1 fully saturated rings. The molecule has 6 nitrogen and oxygen atoms in total. The first kappa shape index (κ1) is 13.9. The third-order valence-corrected chi connectivity index (χ3v) is 4.08. The van der Waals surface area contributed by atoms with E-state index >= 15 is 0 Å². The molecule has 0 spiro atoms. The highest BCUT2D eigenvalue weighted by Crippen LogP contribution is 2.33. The van der Waals surface area contributed by atoms with Crippen LogP contribution in [-0.2, 0) is 0 Å². The van der Waals surface area contributed by atoms with Gasteiger partial charge in [-0.3, -0.25) is 0 Å². The van der Waals surface area contributed by atoms with E-state index < -0.39 is 12.3 Å². The zero-order valence-electron chi connectivity index (χ0n) is 12.2. The van der Waals surface area contributed by atoms with Crippen LogP contribution in [0.4, 0.5) is 4.39 Å². The number of piperidine rings is 1. The quantitative estimate of drug-likeness (QED) is 0.756. The van der Waals surface area contributed by atoms with E-state index in [-0.39, 0.29) is 0 Å². The van der Waals surface area contributed by atoms with E-state index in [1.54, 1.807) is 24.5 Å². The van der Waals surface area contributed by atoms with E-state index in [0.29, 0.717) is 36.6 Å². The number of nitrogens with one attached hydrogen (secondary N) is 2. The Kier molecular flexibility index (Phi) is 3.32. The topological polar surface area (TPSA) is 86.6 Å². The highest BCUT2D eigenvalue weighted by molar-refractivity contribution is 6.09. The molecule has 2 atom stereocenters. The van der Waals surface area contributed by atoms with E-state index in [1.807, 2.05) is 6.07 Å². The zero-order chi connectivity index (χ0) is 15.8. The van der Waals surface area contributed by atoms with Crippen molar-refractivity contribution in [3.05, 3.63) is 30.2 Å². The number of nitriles is 1. The Hall–Kier alpha value is -2.72. The van der Waals surface area contributed by atoms with E-state index in [2.05, 4.69) is 20.3 Å². The van der Waals surface area contributed by atoms with Gasteiger partial charge in [-0.05, 0) is 25.1 Å². The van der Waals surface area contributed by atoms with Gasteiger partial charge in [-0.2, -0.15) is 5.26 Å². The Balaban J connectivity index is 1.84. The number of aromatic nitrogens is 3. The van der Waals surface area contributed by atoms with Gasteiger partial charge in [0.2, 0.25) is 0 Å². The second-order valence-corrected chi connectivity index (χ2v) is 5.55. The van der Waals surface area contributed by atoms with Crippen molar-refractivity contribution in [3.63, 3.8) is 0 Å². The number of halogens is 1. The molecule has 1 aliphatic rings. The zero-order valence-corrected chi connectivity index (χ0v) is 12.2. The maximum Gasteiger partial charge on any atom is 0.142 e. The molecular formula is C16H14FN5O. The summed E-state index contributed by atoms with van der Waals surface area (Å²) >= 11 is 0. The molecule has 0 radical (unpaired) electrons. The number of H-pyrrole nitrogens is 1. The minimum Gasteiger partial charge on any atom is -0.485 e. The number of alkyl halides is 1. The molecule has 1 saturated heterocycles. The SMILES string of the molecule is N#Cc1cc2c(cn1)[nH]c1nccc(OC3CNCCC3F)c12. The van der Waals surface area contributed by atoms with E-state index in [4.69, 9.17) is 10.00 Å². The van der Waals surface area contributed by atoms with Gasteiger partial charge in [0, 0.05) is 18.1 Å². The monoisotopic (exact) mass is 311 g/mol. The lowest BCUT2D eigenvalue weighted by atomic mass is 10.1. The molecule has 1 aliphatic heterocycles. The van der Waals surface area contributed by atoms with Gasteiger partial charge in [0.25, 0.3) is 0 Å². The van der Waals surface area contributed by atoms with Gasteiger partial charge >= 0.3 is 0 Å². The first-order valence-electron chi connectivity index (χ1n) is 7.44. The molecule has 0 aromatic carbocycles. The molecule has 0 aliphatic carbocycles. The van der Waals surface area contributed by atoms with Crippen LogP contribution in [0.5, 0.6) is 5.75 Å². The number of aromatic amines is 1. The summed E-state index contributed by atoms with van der Waals surface area (Å²) in [6.07, 6.45) is 2.13. The second-order valence-electron chi connectivity index (χ2n) is 5.55. The van der Waals surface area contributed by atoms with Crippen LogP contribution in [0.25, 0.3) is 21.9 Å². The minimum atomic E-state index is -0.999. The van der Waals surface area contributed by atoms with Crippen molar-refractivity contribution in [1.82, 2.24) is 20.3 Å². The number of fused-ring (bicyclic) bond motifs is 3. The molecule has 2 unspecified atom stereocenters. The molecule has 7 heteroatoms. The summed E-state index contributed by atoms with van der Waals surface area (Å²) in [6.45, 7) is 1.13. The van der Waals surface area contributed by atoms with Crippen LogP contribution in [0.3, 0.4) is 0 Å². The molecule has 4 rings (SSSR count). The van der Waals surface area contributed by atoms with Crippen LogP contribution in [0.1, 0.15) is 12.1 Å². The van der Waals surface area contributed by atoms with Gasteiger partial charge in [-0.15, -0.1) is 0 Å². The first-order chi connectivity index (χ1) is 11.3. The van der Waals surface area contributed by atoms with Crippen molar-refractivity contribution in [3.8, 4) is 11.8 Å². The van der Waals surface area contributed by atoms with Gasteiger partial charge in [0.05, 0.1) is 17.1 Å². The van der Waals surface area contributed by atoms with Gasteiger partial charge in [0.1, 0.15) is 35.4 Å². The van der Waals surface area contributed by atoms with Gasteiger partial charge in [0.15, 0.2) is 0 Å². The fourth-order valence-corrected chi connectivity index (χ4v) is 2.92. The van der Waals surface area contributed by atoms with Gasteiger partial charge in [-0.25, -0.2) is 14.4 Å². The lowest BCUT2D eigenvalue weighted by Gasteiger charge is -2.27. The lowest BCUT2D eigenvalue weighted by Crippen LogP contribution is -2.45. The third-order valence-electron chi connectivity index (χ3n) is 4.08. The van der Waals surface area contributed by atoms with Gasteiger partial charge in [-0.1, -0.05) is 0 Å².